The minimum Gasteiger partial charge on any atom is -0.293 e. The minimum absolute atomic E-state index is 0.323. The number of ketones is 1. The molecule has 1 aromatic heterocycles. The Morgan fingerprint density at radius 3 is 2.44 bits per heavy atom. The first-order valence-electron chi connectivity index (χ1n) is 6.41. The van der Waals surface area contributed by atoms with Crippen molar-refractivity contribution in [2.24, 2.45) is 0 Å². The third-order valence-corrected chi connectivity index (χ3v) is 3.71. The fourth-order valence-electron chi connectivity index (χ4n) is 1.80. The average Bonchev–Trinajstić information content (AvgIpc) is 2.81. The Morgan fingerprint density at radius 1 is 1.12 bits per heavy atom. The van der Waals surface area contributed by atoms with Gasteiger partial charge in [-0.3, -0.25) is 4.79 Å². The zero-order valence-corrected chi connectivity index (χ0v) is 11.0. The Kier molecular flexibility index (Phi) is 7.15. The van der Waals surface area contributed by atoms with Gasteiger partial charge in [0, 0.05) is 6.42 Å². The molecule has 1 heterocycles. The van der Waals surface area contributed by atoms with Gasteiger partial charge in [0.1, 0.15) is 0 Å². The molecule has 0 saturated carbocycles. The summed E-state index contributed by atoms with van der Waals surface area (Å²) in [5, 5.41) is 1.97. The third-order valence-electron chi connectivity index (χ3n) is 2.80. The van der Waals surface area contributed by atoms with Crippen LogP contribution in [0, 0.1) is 0 Å². The molecule has 0 aliphatic carbocycles. The number of carbonyl (C=O) groups excluding carboxylic acids is 1. The summed E-state index contributed by atoms with van der Waals surface area (Å²) in [6.45, 7) is 2.24. The van der Waals surface area contributed by atoms with Gasteiger partial charge in [-0.25, -0.2) is 0 Å². The molecule has 0 bridgehead atoms. The van der Waals surface area contributed by atoms with Crippen molar-refractivity contribution in [3.05, 3.63) is 22.4 Å². The zero-order chi connectivity index (χ0) is 11.6. The highest BCUT2D eigenvalue weighted by molar-refractivity contribution is 7.12. The third kappa shape index (κ3) is 5.45. The minimum atomic E-state index is 0.323. The van der Waals surface area contributed by atoms with Crippen molar-refractivity contribution in [3.8, 4) is 0 Å². The van der Waals surface area contributed by atoms with E-state index in [2.05, 4.69) is 6.92 Å². The van der Waals surface area contributed by atoms with E-state index in [0.29, 0.717) is 5.78 Å². The van der Waals surface area contributed by atoms with Gasteiger partial charge in [-0.2, -0.15) is 0 Å². The predicted octanol–water partition coefficient (Wildman–Crippen LogP) is 5.07. The summed E-state index contributed by atoms with van der Waals surface area (Å²) in [6, 6.07) is 3.87. The van der Waals surface area contributed by atoms with Gasteiger partial charge in [0.05, 0.1) is 4.88 Å². The molecule has 0 fully saturated rings. The van der Waals surface area contributed by atoms with Crippen molar-refractivity contribution in [3.63, 3.8) is 0 Å². The molecule has 0 aromatic carbocycles. The van der Waals surface area contributed by atoms with Crippen LogP contribution in [0.4, 0.5) is 0 Å². The van der Waals surface area contributed by atoms with Crippen LogP contribution in [0.5, 0.6) is 0 Å². The Hall–Kier alpha value is -0.630. The quantitative estimate of drug-likeness (QED) is 0.433. The molecule has 0 aliphatic heterocycles. The van der Waals surface area contributed by atoms with Crippen molar-refractivity contribution in [2.75, 3.05) is 0 Å². The van der Waals surface area contributed by atoms with E-state index in [9.17, 15) is 4.79 Å². The lowest BCUT2D eigenvalue weighted by Crippen LogP contribution is -1.95. The number of rotatable bonds is 9. The highest BCUT2D eigenvalue weighted by Gasteiger charge is 2.05. The van der Waals surface area contributed by atoms with E-state index in [-0.39, 0.29) is 0 Å². The van der Waals surface area contributed by atoms with Gasteiger partial charge < -0.3 is 0 Å². The number of hydrogen-bond acceptors (Lipinski definition) is 2. The lowest BCUT2D eigenvalue weighted by atomic mass is 10.1. The van der Waals surface area contributed by atoms with E-state index in [1.54, 1.807) is 11.3 Å². The number of thiophene rings is 1. The van der Waals surface area contributed by atoms with Gasteiger partial charge >= 0.3 is 0 Å². The largest absolute Gasteiger partial charge is 0.293 e. The highest BCUT2D eigenvalue weighted by Crippen LogP contribution is 2.14. The monoisotopic (exact) mass is 238 g/mol. The first-order valence-corrected chi connectivity index (χ1v) is 7.29. The van der Waals surface area contributed by atoms with Crippen LogP contribution in [0.3, 0.4) is 0 Å². The molecule has 1 aromatic rings. The van der Waals surface area contributed by atoms with Gasteiger partial charge in [-0.1, -0.05) is 51.5 Å². The van der Waals surface area contributed by atoms with Crippen molar-refractivity contribution >= 4 is 17.1 Å². The van der Waals surface area contributed by atoms with Crippen molar-refractivity contribution in [1.29, 1.82) is 0 Å². The lowest BCUT2D eigenvalue weighted by Gasteiger charge is -2.00. The van der Waals surface area contributed by atoms with E-state index in [1.165, 1.54) is 38.5 Å². The van der Waals surface area contributed by atoms with E-state index in [1.807, 2.05) is 17.5 Å². The number of hydrogen-bond donors (Lipinski definition) is 0. The topological polar surface area (TPSA) is 17.1 Å². The van der Waals surface area contributed by atoms with Crippen LogP contribution in [0.25, 0.3) is 0 Å². The van der Waals surface area contributed by atoms with Crippen LogP contribution in [0.1, 0.15) is 68.0 Å². The normalized spacial score (nSPS) is 10.6. The maximum atomic E-state index is 11.7. The van der Waals surface area contributed by atoms with E-state index in [4.69, 9.17) is 0 Å². The summed E-state index contributed by atoms with van der Waals surface area (Å²) in [5.41, 5.74) is 0. The molecule has 0 N–H and O–H groups in total. The van der Waals surface area contributed by atoms with Gasteiger partial charge in [0.25, 0.3) is 0 Å². The van der Waals surface area contributed by atoms with Gasteiger partial charge in [-0.05, 0) is 17.9 Å². The fraction of sp³-hybridized carbons (Fsp3) is 0.643. The smallest absolute Gasteiger partial charge is 0.172 e. The summed E-state index contributed by atoms with van der Waals surface area (Å²) >= 11 is 1.56. The second-order valence-electron chi connectivity index (χ2n) is 4.27. The molecule has 1 rings (SSSR count). The first-order chi connectivity index (χ1) is 7.84. The van der Waals surface area contributed by atoms with Gasteiger partial charge in [0.15, 0.2) is 5.78 Å². The van der Waals surface area contributed by atoms with E-state index in [0.717, 1.165) is 17.7 Å². The molecule has 90 valence electrons. The summed E-state index contributed by atoms with van der Waals surface area (Å²) in [5.74, 6) is 0.323. The maximum Gasteiger partial charge on any atom is 0.172 e. The molecule has 1 nitrogen and oxygen atoms in total. The molecule has 0 aliphatic rings. The van der Waals surface area contributed by atoms with Crippen LogP contribution in [-0.4, -0.2) is 5.78 Å². The molecule has 0 unspecified atom stereocenters. The van der Waals surface area contributed by atoms with E-state index < -0.39 is 0 Å². The molecule has 0 amide bonds. The van der Waals surface area contributed by atoms with Crippen molar-refractivity contribution in [2.45, 2.75) is 58.3 Å². The Labute approximate surface area is 103 Å². The van der Waals surface area contributed by atoms with Gasteiger partial charge in [-0.15, -0.1) is 11.3 Å². The molecule has 0 atom stereocenters. The zero-order valence-electron chi connectivity index (χ0n) is 10.2. The predicted molar refractivity (Wildman–Crippen MR) is 71.3 cm³/mol. The molecule has 0 spiro atoms. The van der Waals surface area contributed by atoms with Gasteiger partial charge in [0.2, 0.25) is 0 Å². The average molecular weight is 238 g/mol. The lowest BCUT2D eigenvalue weighted by molar-refractivity contribution is 0.0983. The van der Waals surface area contributed by atoms with Crippen molar-refractivity contribution < 1.29 is 4.79 Å². The standard InChI is InChI=1S/C14H22OS/c1-2-3-4-5-6-7-8-10-13(15)14-11-9-12-16-14/h9,11-12H,2-8,10H2,1H3. The van der Waals surface area contributed by atoms with Crippen LogP contribution < -0.4 is 0 Å². The molecule has 16 heavy (non-hydrogen) atoms. The Bertz CT molecular complexity index is 277. The fourth-order valence-corrected chi connectivity index (χ4v) is 2.50. The maximum absolute atomic E-state index is 11.7. The van der Waals surface area contributed by atoms with Crippen LogP contribution in [0.15, 0.2) is 17.5 Å². The Balaban J connectivity index is 1.97. The molecule has 2 heteroatoms. The second kappa shape index (κ2) is 8.51. The Morgan fingerprint density at radius 2 is 1.81 bits per heavy atom. The molecule has 0 saturated heterocycles. The summed E-state index contributed by atoms with van der Waals surface area (Å²) in [7, 11) is 0. The van der Waals surface area contributed by atoms with Crippen molar-refractivity contribution in [1.82, 2.24) is 0 Å². The van der Waals surface area contributed by atoms with E-state index >= 15 is 0 Å². The summed E-state index contributed by atoms with van der Waals surface area (Å²) < 4.78 is 0. The summed E-state index contributed by atoms with van der Waals surface area (Å²) in [4.78, 5) is 12.6. The SMILES string of the molecule is CCCCCCCCCC(=O)c1cccs1. The van der Waals surface area contributed by atoms with Crippen LogP contribution >= 0.6 is 11.3 Å². The molecular formula is C14H22OS. The highest BCUT2D eigenvalue weighted by atomic mass is 32.1. The second-order valence-corrected chi connectivity index (χ2v) is 5.22. The number of Topliss-reactive ketones (excluding diaryl/α,β-unsaturated/α-hetero) is 1. The number of unbranched alkanes of at least 4 members (excludes halogenated alkanes) is 6. The molecular weight excluding hydrogens is 216 g/mol. The number of carbonyl (C=O) groups is 1. The van der Waals surface area contributed by atoms with Crippen LogP contribution in [0.2, 0.25) is 0 Å². The summed E-state index contributed by atoms with van der Waals surface area (Å²) in [6.07, 6.45) is 9.64. The van der Waals surface area contributed by atoms with Crippen LogP contribution in [-0.2, 0) is 0 Å². The molecule has 0 radical (unpaired) electrons. The first kappa shape index (κ1) is 13.4.